The normalized spacial score (nSPS) is 19.3. The topological polar surface area (TPSA) is 18.5 Å². The summed E-state index contributed by atoms with van der Waals surface area (Å²) in [6, 6.07) is 34.6. The molecule has 2 nitrogen and oxygen atoms in total. The quantitative estimate of drug-likeness (QED) is 0.0383. The molecule has 3 aromatic carbocycles. The van der Waals surface area contributed by atoms with Crippen LogP contribution in [0.3, 0.4) is 0 Å². The third kappa shape index (κ3) is 12.9. The van der Waals surface area contributed by atoms with E-state index in [1.54, 1.807) is 10.7 Å². The zero-order valence-corrected chi connectivity index (χ0v) is 43.6. The van der Waals surface area contributed by atoms with Gasteiger partial charge in [0.1, 0.15) is 11.2 Å². The molecular weight excluding hydrogens is 829 g/mol. The van der Waals surface area contributed by atoms with Crippen LogP contribution in [0, 0.1) is 0 Å². The van der Waals surface area contributed by atoms with Crippen LogP contribution in [0.25, 0.3) is 22.3 Å². The zero-order valence-electron chi connectivity index (χ0n) is 42.4. The molecule has 0 amide bonds. The Balaban J connectivity index is 1.28. The Labute approximate surface area is 410 Å². The maximum absolute atomic E-state index is 7.30. The summed E-state index contributed by atoms with van der Waals surface area (Å²) in [6.45, 7) is 10.9. The van der Waals surface area contributed by atoms with Crippen molar-refractivity contribution < 1.29 is 9.47 Å². The van der Waals surface area contributed by atoms with Crippen LogP contribution in [0.5, 0.6) is 0 Å². The fourth-order valence-corrected chi connectivity index (χ4v) is 13.6. The van der Waals surface area contributed by atoms with Crippen LogP contribution in [-0.2, 0) is 26.1 Å². The van der Waals surface area contributed by atoms with Gasteiger partial charge in [-0.2, -0.15) is 0 Å². The van der Waals surface area contributed by atoms with Crippen molar-refractivity contribution in [2.24, 2.45) is 0 Å². The van der Waals surface area contributed by atoms with Gasteiger partial charge >= 0.3 is 0 Å². The van der Waals surface area contributed by atoms with Gasteiger partial charge in [-0.25, -0.2) is 0 Å². The van der Waals surface area contributed by atoms with Crippen LogP contribution < -0.4 is 0 Å². The van der Waals surface area contributed by atoms with Gasteiger partial charge in [0, 0.05) is 40.6 Å². The molecule has 4 aromatic rings. The summed E-state index contributed by atoms with van der Waals surface area (Å²) in [5.41, 5.74) is 10.2. The molecule has 7 rings (SSSR count). The van der Waals surface area contributed by atoms with Gasteiger partial charge in [-0.15, -0.1) is 0 Å². The minimum Gasteiger partial charge on any atom is -0.366 e. The fourth-order valence-electron chi connectivity index (χ4n) is 11.4. The molecule has 0 spiro atoms. The SMILES string of the molecule is CCCCCCCCOC1(c2ccc3c(c2)C(CCCCCC)(CCCCCC)c2[siH]c(C4(OCCCCCCCC)C=CC(c5ccccc5)=CC4)ccc2-3)C=CC(c2ccccc2)=CC1. The highest BCUT2D eigenvalue weighted by Crippen LogP contribution is 2.55. The van der Waals surface area contributed by atoms with Crippen molar-refractivity contribution in [1.82, 2.24) is 0 Å². The maximum Gasteiger partial charge on any atom is 0.115 e. The van der Waals surface area contributed by atoms with Crippen molar-refractivity contribution in [3.8, 4) is 11.1 Å². The van der Waals surface area contributed by atoms with Gasteiger partial charge in [0.15, 0.2) is 0 Å². The molecule has 0 radical (unpaired) electrons. The summed E-state index contributed by atoms with van der Waals surface area (Å²) in [4.78, 5) is 0. The van der Waals surface area contributed by atoms with Gasteiger partial charge in [0.25, 0.3) is 0 Å². The van der Waals surface area contributed by atoms with E-state index in [0.717, 1.165) is 38.9 Å². The molecule has 0 saturated heterocycles. The van der Waals surface area contributed by atoms with E-state index < -0.39 is 11.2 Å². The van der Waals surface area contributed by atoms with Gasteiger partial charge in [0.05, 0.1) is 0 Å². The third-order valence-electron chi connectivity index (χ3n) is 15.5. The van der Waals surface area contributed by atoms with Crippen molar-refractivity contribution in [1.29, 1.82) is 0 Å². The smallest absolute Gasteiger partial charge is 0.115 e. The van der Waals surface area contributed by atoms with Gasteiger partial charge in [-0.05, 0) is 92.7 Å². The van der Waals surface area contributed by atoms with E-state index in [4.69, 9.17) is 9.47 Å². The predicted octanol–water partition coefficient (Wildman–Crippen LogP) is 18.2. The largest absolute Gasteiger partial charge is 0.366 e. The standard InChI is InChI=1S/C64H86O2Si/c1-5-9-13-17-19-29-49-65-63(45-39-54(40-46-63)52-31-23-21-24-32-52)56-35-36-57-58-37-38-60(67-61(58)62(59(57)51-56,43-27-15-11-7-3)44-28-16-12-8-4)64(66-50-30-20-18-14-10-6-2)47-41-55(42-48-64)53-33-25-22-26-34-53/h21-26,31-42,45,47,51,67H,5-20,27-30,43-44,46,48-50H2,1-4H3. The monoisotopic (exact) mass is 915 g/mol. The van der Waals surface area contributed by atoms with E-state index in [9.17, 15) is 0 Å². The molecule has 0 N–H and O–H groups in total. The Morgan fingerprint density at radius 3 is 1.43 bits per heavy atom. The number of hydrogen-bond acceptors (Lipinski definition) is 2. The number of fused-ring (bicyclic) bond motifs is 3. The molecule has 67 heavy (non-hydrogen) atoms. The molecule has 2 atom stereocenters. The van der Waals surface area contributed by atoms with Crippen molar-refractivity contribution in [2.45, 2.75) is 198 Å². The third-order valence-corrected chi connectivity index (χ3v) is 17.6. The first-order valence-electron chi connectivity index (χ1n) is 27.5. The summed E-state index contributed by atoms with van der Waals surface area (Å²) in [5.74, 6) is 0. The Morgan fingerprint density at radius 1 is 0.463 bits per heavy atom. The number of hydrogen-bond donors (Lipinski definition) is 0. The highest BCUT2D eigenvalue weighted by molar-refractivity contribution is 6.38. The van der Waals surface area contributed by atoms with Crippen molar-refractivity contribution in [3.63, 3.8) is 0 Å². The lowest BCUT2D eigenvalue weighted by atomic mass is 9.72. The summed E-state index contributed by atoms with van der Waals surface area (Å²) < 4.78 is 14.6. The molecule has 3 aliphatic rings. The molecule has 3 aliphatic carbocycles. The van der Waals surface area contributed by atoms with E-state index in [1.807, 2.05) is 0 Å². The Hall–Kier alpha value is -3.89. The summed E-state index contributed by atoms with van der Waals surface area (Å²) in [6.07, 6.45) is 44.2. The average Bonchev–Trinajstić information content (AvgIpc) is 3.65. The minimum absolute atomic E-state index is 0.0152. The predicted molar refractivity (Wildman–Crippen MR) is 291 cm³/mol. The van der Waals surface area contributed by atoms with E-state index in [0.29, 0.717) is 0 Å². The first-order valence-corrected chi connectivity index (χ1v) is 28.6. The summed E-state index contributed by atoms with van der Waals surface area (Å²) >= 11 is 0. The van der Waals surface area contributed by atoms with Gasteiger partial charge in [0.2, 0.25) is 0 Å². The Kier molecular flexibility index (Phi) is 19.9. The molecule has 2 unspecified atom stereocenters. The molecule has 1 aromatic heterocycles. The summed E-state index contributed by atoms with van der Waals surface area (Å²) in [7, 11) is -0.148. The van der Waals surface area contributed by atoms with E-state index in [2.05, 4.69) is 155 Å². The van der Waals surface area contributed by atoms with Crippen LogP contribution in [0.4, 0.5) is 0 Å². The van der Waals surface area contributed by atoms with Crippen molar-refractivity contribution in [3.05, 3.63) is 160 Å². The van der Waals surface area contributed by atoms with Crippen LogP contribution in [-0.4, -0.2) is 22.3 Å². The lowest BCUT2D eigenvalue weighted by Crippen LogP contribution is -2.33. The number of ether oxygens (including phenoxy) is 2. The molecule has 0 aliphatic heterocycles. The highest BCUT2D eigenvalue weighted by atomic mass is 28.2. The van der Waals surface area contributed by atoms with Crippen molar-refractivity contribution in [2.75, 3.05) is 13.2 Å². The van der Waals surface area contributed by atoms with Crippen LogP contribution in [0.1, 0.15) is 214 Å². The van der Waals surface area contributed by atoms with Gasteiger partial charge in [-0.1, -0.05) is 259 Å². The Morgan fingerprint density at radius 2 is 0.925 bits per heavy atom. The van der Waals surface area contributed by atoms with Crippen LogP contribution >= 0.6 is 0 Å². The minimum atomic E-state index is -0.486. The van der Waals surface area contributed by atoms with Crippen LogP contribution in [0.15, 0.2) is 127 Å². The lowest BCUT2D eigenvalue weighted by molar-refractivity contribution is -0.0130. The molecule has 3 heteroatoms. The first-order chi connectivity index (χ1) is 33.0. The number of benzene rings is 3. The molecule has 1 heterocycles. The van der Waals surface area contributed by atoms with E-state index in [1.165, 1.54) is 173 Å². The Bertz CT molecular complexity index is 2070. The zero-order chi connectivity index (χ0) is 46.6. The second-order valence-electron chi connectivity index (χ2n) is 20.4. The second kappa shape index (κ2) is 26.2. The maximum atomic E-state index is 7.30. The van der Waals surface area contributed by atoms with Gasteiger partial charge < -0.3 is 9.47 Å². The van der Waals surface area contributed by atoms with E-state index >= 15 is 0 Å². The van der Waals surface area contributed by atoms with E-state index in [-0.39, 0.29) is 14.5 Å². The number of rotatable bonds is 30. The second-order valence-corrected chi connectivity index (χ2v) is 21.8. The average molecular weight is 915 g/mol. The molecule has 0 fully saturated rings. The fraction of sp³-hybridized carbons (Fsp3) is 0.516. The molecule has 0 bridgehead atoms. The number of allylic oxidation sites excluding steroid dienone is 4. The first kappa shape index (κ1) is 51.0. The van der Waals surface area contributed by atoms with Crippen molar-refractivity contribution >= 4 is 20.3 Å². The molecular formula is C64H86O2Si. The highest BCUT2D eigenvalue weighted by Gasteiger charge is 2.45. The van der Waals surface area contributed by atoms with Crippen LogP contribution in [0.2, 0.25) is 0 Å². The number of unbranched alkanes of at least 4 members (excludes halogenated alkanes) is 16. The summed E-state index contributed by atoms with van der Waals surface area (Å²) in [5, 5.41) is 3.26. The molecule has 358 valence electrons. The van der Waals surface area contributed by atoms with Gasteiger partial charge in [-0.3, -0.25) is 0 Å². The lowest BCUT2D eigenvalue weighted by Gasteiger charge is -2.38. The molecule has 0 saturated carbocycles.